The number of nitrogens with zero attached hydrogens (tertiary/aromatic N) is 1. The Labute approximate surface area is 90.7 Å². The number of benzene rings is 1. The Hall–Kier alpha value is -0.890. The van der Waals surface area contributed by atoms with Gasteiger partial charge in [0.25, 0.3) is 0 Å². The van der Waals surface area contributed by atoms with Gasteiger partial charge in [0.1, 0.15) is 6.10 Å². The molecule has 0 aliphatic rings. The summed E-state index contributed by atoms with van der Waals surface area (Å²) in [6.07, 6.45) is -2.53. The second kappa shape index (κ2) is 4.56. The van der Waals surface area contributed by atoms with E-state index in [0.29, 0.717) is 5.56 Å². The molecule has 0 radical (unpaired) electrons. The molecule has 0 amide bonds. The molecule has 0 fully saturated rings. The summed E-state index contributed by atoms with van der Waals surface area (Å²) in [7, 11) is 0. The van der Waals surface area contributed by atoms with Crippen LogP contribution in [-0.2, 0) is 0 Å². The predicted octanol–water partition coefficient (Wildman–Crippen LogP) is 1.68. The lowest BCUT2D eigenvalue weighted by atomic mass is 10.0. The molecule has 1 rings (SSSR count). The van der Waals surface area contributed by atoms with Crippen molar-refractivity contribution in [3.05, 3.63) is 33.8 Å². The van der Waals surface area contributed by atoms with Gasteiger partial charge in [0.2, 0.25) is 0 Å². The van der Waals surface area contributed by atoms with Gasteiger partial charge in [0.05, 0.1) is 6.07 Å². The minimum atomic E-state index is -1.38. The molecule has 0 bridgehead atoms. The maximum Gasteiger partial charge on any atom is 0.170 e. The smallest absolute Gasteiger partial charge is 0.170 e. The van der Waals surface area contributed by atoms with Crippen molar-refractivity contribution < 1.29 is 10.2 Å². The molecule has 0 spiro atoms. The summed E-state index contributed by atoms with van der Waals surface area (Å²) in [5.41, 5.74) is 1.41. The van der Waals surface area contributed by atoms with Crippen LogP contribution in [0.15, 0.2) is 22.7 Å². The van der Waals surface area contributed by atoms with E-state index in [1.54, 1.807) is 18.2 Å². The van der Waals surface area contributed by atoms with Crippen molar-refractivity contribution >= 4 is 15.9 Å². The highest BCUT2D eigenvalue weighted by Crippen LogP contribution is 2.23. The highest BCUT2D eigenvalue weighted by Gasteiger charge is 2.19. The number of rotatable bonds is 2. The third kappa shape index (κ3) is 2.32. The first-order chi connectivity index (χ1) is 6.56. The molecule has 14 heavy (non-hydrogen) atoms. The van der Waals surface area contributed by atoms with Crippen LogP contribution in [0.2, 0.25) is 0 Å². The van der Waals surface area contributed by atoms with Gasteiger partial charge in [0, 0.05) is 4.47 Å². The molecule has 4 heteroatoms. The summed E-state index contributed by atoms with van der Waals surface area (Å²) in [6.45, 7) is 1.81. The summed E-state index contributed by atoms with van der Waals surface area (Å²) in [5, 5.41) is 27.2. The fraction of sp³-hybridized carbons (Fsp3) is 0.300. The molecule has 0 aromatic heterocycles. The van der Waals surface area contributed by atoms with Crippen LogP contribution in [0.1, 0.15) is 17.2 Å². The van der Waals surface area contributed by atoms with Crippen LogP contribution in [0.4, 0.5) is 0 Å². The van der Waals surface area contributed by atoms with Gasteiger partial charge >= 0.3 is 0 Å². The van der Waals surface area contributed by atoms with Gasteiger partial charge in [-0.05, 0) is 30.2 Å². The van der Waals surface area contributed by atoms with E-state index in [9.17, 15) is 5.11 Å². The van der Waals surface area contributed by atoms with E-state index < -0.39 is 12.2 Å². The number of aryl methyl sites for hydroxylation is 1. The van der Waals surface area contributed by atoms with E-state index in [1.165, 1.54) is 0 Å². The lowest BCUT2D eigenvalue weighted by Gasteiger charge is -2.14. The maximum absolute atomic E-state index is 9.57. The lowest BCUT2D eigenvalue weighted by molar-refractivity contribution is 0.0523. The van der Waals surface area contributed by atoms with Crippen molar-refractivity contribution in [2.45, 2.75) is 19.1 Å². The van der Waals surface area contributed by atoms with E-state index >= 15 is 0 Å². The van der Waals surface area contributed by atoms with Gasteiger partial charge in [-0.1, -0.05) is 22.0 Å². The molecular weight excluding hydrogens is 246 g/mol. The number of halogens is 1. The fourth-order valence-corrected chi connectivity index (χ4v) is 1.69. The summed E-state index contributed by atoms with van der Waals surface area (Å²) in [6, 6.07) is 6.87. The normalized spacial score (nSPS) is 14.5. The predicted molar refractivity (Wildman–Crippen MR) is 55.5 cm³/mol. The highest BCUT2D eigenvalue weighted by atomic mass is 79.9. The van der Waals surface area contributed by atoms with Crippen molar-refractivity contribution in [2.75, 3.05) is 0 Å². The minimum Gasteiger partial charge on any atom is -0.385 e. The Bertz CT molecular complexity index is 373. The first kappa shape index (κ1) is 11.2. The lowest BCUT2D eigenvalue weighted by Crippen LogP contribution is -2.16. The first-order valence-corrected chi connectivity index (χ1v) is 4.87. The standard InChI is InChI=1S/C10H10BrNO2/c1-6-4-7(11)2-3-8(6)10(14)9(13)5-12/h2-4,9-10,13-14H,1H3. The van der Waals surface area contributed by atoms with Gasteiger partial charge in [-0.2, -0.15) is 5.26 Å². The van der Waals surface area contributed by atoms with Crippen LogP contribution in [0, 0.1) is 18.3 Å². The van der Waals surface area contributed by atoms with E-state index in [0.717, 1.165) is 10.0 Å². The summed E-state index contributed by atoms with van der Waals surface area (Å²) >= 11 is 3.29. The van der Waals surface area contributed by atoms with Crippen molar-refractivity contribution in [3.63, 3.8) is 0 Å². The molecule has 2 N–H and O–H groups in total. The Morgan fingerprint density at radius 3 is 2.57 bits per heavy atom. The van der Waals surface area contributed by atoms with Gasteiger partial charge in [-0.3, -0.25) is 0 Å². The summed E-state index contributed by atoms with van der Waals surface area (Å²) in [4.78, 5) is 0. The van der Waals surface area contributed by atoms with Gasteiger partial charge in [0.15, 0.2) is 6.10 Å². The number of aliphatic hydroxyl groups is 2. The molecule has 2 atom stereocenters. The molecule has 0 heterocycles. The van der Waals surface area contributed by atoms with Crippen LogP contribution in [0.25, 0.3) is 0 Å². The second-order valence-corrected chi connectivity index (χ2v) is 3.94. The fourth-order valence-electron chi connectivity index (χ4n) is 1.21. The van der Waals surface area contributed by atoms with Crippen LogP contribution in [0.5, 0.6) is 0 Å². The molecule has 0 aliphatic heterocycles. The van der Waals surface area contributed by atoms with Crippen molar-refractivity contribution in [2.24, 2.45) is 0 Å². The average Bonchev–Trinajstić information content (AvgIpc) is 2.15. The Morgan fingerprint density at radius 1 is 1.43 bits per heavy atom. The van der Waals surface area contributed by atoms with Crippen molar-refractivity contribution in [1.29, 1.82) is 5.26 Å². The van der Waals surface area contributed by atoms with Gasteiger partial charge in [-0.15, -0.1) is 0 Å². The zero-order chi connectivity index (χ0) is 10.7. The van der Waals surface area contributed by atoms with E-state index in [1.807, 2.05) is 13.0 Å². The van der Waals surface area contributed by atoms with E-state index in [4.69, 9.17) is 10.4 Å². The third-order valence-electron chi connectivity index (χ3n) is 1.98. The van der Waals surface area contributed by atoms with Gasteiger partial charge in [-0.25, -0.2) is 0 Å². The van der Waals surface area contributed by atoms with Crippen LogP contribution in [0.3, 0.4) is 0 Å². The van der Waals surface area contributed by atoms with Crippen LogP contribution in [-0.4, -0.2) is 16.3 Å². The molecule has 3 nitrogen and oxygen atoms in total. The highest BCUT2D eigenvalue weighted by molar-refractivity contribution is 9.10. The number of aliphatic hydroxyl groups excluding tert-OH is 2. The van der Waals surface area contributed by atoms with Crippen LogP contribution < -0.4 is 0 Å². The molecule has 1 aromatic rings. The maximum atomic E-state index is 9.57. The largest absolute Gasteiger partial charge is 0.385 e. The van der Waals surface area contributed by atoms with E-state index in [-0.39, 0.29) is 0 Å². The Kier molecular flexibility index (Phi) is 3.64. The molecule has 2 unspecified atom stereocenters. The monoisotopic (exact) mass is 255 g/mol. The quantitative estimate of drug-likeness (QED) is 0.791. The van der Waals surface area contributed by atoms with E-state index in [2.05, 4.69) is 15.9 Å². The minimum absolute atomic E-state index is 0.572. The number of hydrogen-bond donors (Lipinski definition) is 2. The number of hydrogen-bond acceptors (Lipinski definition) is 3. The van der Waals surface area contributed by atoms with Crippen molar-refractivity contribution in [1.82, 2.24) is 0 Å². The van der Waals surface area contributed by atoms with Crippen LogP contribution >= 0.6 is 15.9 Å². The third-order valence-corrected chi connectivity index (χ3v) is 2.48. The van der Waals surface area contributed by atoms with Gasteiger partial charge < -0.3 is 10.2 Å². The topological polar surface area (TPSA) is 64.2 Å². The SMILES string of the molecule is Cc1cc(Br)ccc1C(O)C(O)C#N. The second-order valence-electron chi connectivity index (χ2n) is 3.02. The molecule has 0 saturated heterocycles. The summed E-state index contributed by atoms with van der Waals surface area (Å²) < 4.78 is 0.900. The molecular formula is C10H10BrNO2. The molecule has 74 valence electrons. The summed E-state index contributed by atoms with van der Waals surface area (Å²) in [5.74, 6) is 0. The Morgan fingerprint density at radius 2 is 2.07 bits per heavy atom. The first-order valence-electron chi connectivity index (χ1n) is 4.08. The molecule has 0 saturated carbocycles. The zero-order valence-electron chi connectivity index (χ0n) is 7.61. The van der Waals surface area contributed by atoms with Crippen molar-refractivity contribution in [3.8, 4) is 6.07 Å². The molecule has 1 aromatic carbocycles. The average molecular weight is 256 g/mol. The Balaban J connectivity index is 3.03. The zero-order valence-corrected chi connectivity index (χ0v) is 9.19. The molecule has 0 aliphatic carbocycles. The number of nitriles is 1.